The van der Waals surface area contributed by atoms with E-state index in [0.29, 0.717) is 6.61 Å². The van der Waals surface area contributed by atoms with E-state index in [4.69, 9.17) is 4.74 Å². The summed E-state index contributed by atoms with van der Waals surface area (Å²) in [5.74, 6) is 0. The van der Waals surface area contributed by atoms with Gasteiger partial charge in [0.1, 0.15) is 0 Å². The van der Waals surface area contributed by atoms with Crippen molar-refractivity contribution in [1.82, 2.24) is 0 Å². The van der Waals surface area contributed by atoms with Crippen LogP contribution in [0.15, 0.2) is 138 Å². The average molecular weight is 350 g/mol. The van der Waals surface area contributed by atoms with E-state index in [2.05, 4.69) is 133 Å². The van der Waals surface area contributed by atoms with Gasteiger partial charge in [0.05, 0.1) is 6.61 Å². The van der Waals surface area contributed by atoms with Crippen LogP contribution in [0.4, 0.5) is 0 Å². The number of methoxy groups -OCH3 is 1. The van der Waals surface area contributed by atoms with Crippen LogP contribution in [0, 0.1) is 0 Å². The Labute approximate surface area is 163 Å². The topological polar surface area (TPSA) is 9.23 Å². The van der Waals surface area contributed by atoms with E-state index in [0.717, 1.165) is 5.57 Å². The van der Waals surface area contributed by atoms with Gasteiger partial charge in [0.25, 0.3) is 0 Å². The first-order valence-corrected chi connectivity index (χ1v) is 7.40. The summed E-state index contributed by atoms with van der Waals surface area (Å²) in [6.07, 6.45) is 0. The van der Waals surface area contributed by atoms with Crippen molar-refractivity contribution in [3.63, 3.8) is 0 Å². The van der Waals surface area contributed by atoms with Crippen molar-refractivity contribution in [3.05, 3.63) is 138 Å². The van der Waals surface area contributed by atoms with Crippen LogP contribution in [-0.4, -0.2) is 13.7 Å². The van der Waals surface area contributed by atoms with Crippen LogP contribution in [0.1, 0.15) is 6.92 Å². The van der Waals surface area contributed by atoms with E-state index in [1.807, 2.05) is 6.92 Å². The number of hydrogen-bond donors (Lipinski definition) is 0. The van der Waals surface area contributed by atoms with Gasteiger partial charge in [0.15, 0.2) is 0 Å². The summed E-state index contributed by atoms with van der Waals surface area (Å²) in [5, 5.41) is 0. The predicted molar refractivity (Wildman–Crippen MR) is 104 cm³/mol. The van der Waals surface area contributed by atoms with E-state index >= 15 is 0 Å². The average Bonchev–Trinajstić information content (AvgIpc) is 2.69. The van der Waals surface area contributed by atoms with Gasteiger partial charge in [-0.3, -0.25) is 0 Å². The molecule has 124 valence electrons. The molecule has 0 saturated heterocycles. The fourth-order valence-electron chi connectivity index (χ4n) is 0.997. The predicted octanol–water partition coefficient (Wildman–Crippen LogP) is 4.62. The first kappa shape index (κ1) is 22.9. The van der Waals surface area contributed by atoms with Gasteiger partial charge >= 0.3 is 0 Å². The van der Waals surface area contributed by atoms with Gasteiger partial charge in [-0.2, -0.15) is 0 Å². The first-order chi connectivity index (χ1) is 13.8. The lowest BCUT2D eigenvalue weighted by molar-refractivity contribution is 0.226. The summed E-state index contributed by atoms with van der Waals surface area (Å²) in [6, 6.07) is 0. The van der Waals surface area contributed by atoms with E-state index in [9.17, 15) is 0 Å². The highest BCUT2D eigenvalue weighted by molar-refractivity contribution is 4.99. The van der Waals surface area contributed by atoms with Crippen LogP contribution >= 0.6 is 0 Å². The molecule has 0 atom stereocenters. The molecule has 0 N–H and O–H groups in total. The molecule has 0 aliphatic rings. The largest absolute Gasteiger partial charge is 0.380 e. The van der Waals surface area contributed by atoms with Gasteiger partial charge in [0.2, 0.25) is 0 Å². The summed E-state index contributed by atoms with van der Waals surface area (Å²) >= 11 is 0. The Hall–Kier alpha value is -5.14. The van der Waals surface area contributed by atoms with E-state index in [1.54, 1.807) is 7.11 Å². The molecule has 0 heterocycles. The molecule has 0 rings (SSSR count). The number of hydrogen-bond acceptors (Lipinski definition) is 1. The molecule has 0 saturated carbocycles. The van der Waals surface area contributed by atoms with Crippen LogP contribution in [0.25, 0.3) is 0 Å². The third kappa shape index (κ3) is 18.9. The molecule has 0 amide bonds. The van der Waals surface area contributed by atoms with Gasteiger partial charge in [-0.25, -0.2) is 0 Å². The Balaban J connectivity index is 5.80. The molecule has 0 radical (unpaired) electrons. The summed E-state index contributed by atoms with van der Waals surface area (Å²) in [7, 11) is 1.61. The van der Waals surface area contributed by atoms with Crippen molar-refractivity contribution in [3.8, 4) is 0 Å². The molecular formula is C27H10O. The van der Waals surface area contributed by atoms with Crippen LogP contribution in [-0.2, 0) is 4.74 Å². The van der Waals surface area contributed by atoms with Crippen molar-refractivity contribution < 1.29 is 4.74 Å². The van der Waals surface area contributed by atoms with Gasteiger partial charge in [0, 0.05) is 35.6 Å². The van der Waals surface area contributed by atoms with Crippen LogP contribution in [0.5, 0.6) is 0 Å². The lowest BCUT2D eigenvalue weighted by atomic mass is 10.3. The highest BCUT2D eigenvalue weighted by atomic mass is 16.5. The zero-order valence-electron chi connectivity index (χ0n) is 15.3. The summed E-state index contributed by atoms with van der Waals surface area (Å²) in [5.41, 5.74) is 56.5. The van der Waals surface area contributed by atoms with Crippen molar-refractivity contribution in [1.29, 1.82) is 0 Å². The zero-order valence-corrected chi connectivity index (χ0v) is 15.3. The Morgan fingerprint density at radius 2 is 0.821 bits per heavy atom. The van der Waals surface area contributed by atoms with Crippen LogP contribution in [0.3, 0.4) is 0 Å². The molecule has 0 bridgehead atoms. The molecule has 0 aromatic heterocycles. The lowest BCUT2D eigenvalue weighted by Crippen LogP contribution is -1.86. The quantitative estimate of drug-likeness (QED) is 0.660. The van der Waals surface area contributed by atoms with E-state index < -0.39 is 0 Å². The van der Waals surface area contributed by atoms with Gasteiger partial charge in [-0.05, 0) is 105 Å². The molecule has 1 heteroatoms. The third-order valence-electron chi connectivity index (χ3n) is 1.91. The van der Waals surface area contributed by atoms with Crippen LogP contribution in [0.2, 0.25) is 0 Å². The molecule has 0 spiro atoms. The van der Waals surface area contributed by atoms with E-state index in [-0.39, 0.29) is 0 Å². The smallest absolute Gasteiger partial charge is 0.0750 e. The molecule has 0 unspecified atom stereocenters. The van der Waals surface area contributed by atoms with Crippen molar-refractivity contribution in [2.45, 2.75) is 6.92 Å². The highest BCUT2D eigenvalue weighted by Gasteiger charge is 1.80. The Morgan fingerprint density at radius 1 is 0.536 bits per heavy atom. The Morgan fingerprint density at radius 3 is 1.11 bits per heavy atom. The zero-order chi connectivity index (χ0) is 20.5. The highest BCUT2D eigenvalue weighted by Crippen LogP contribution is 1.86. The van der Waals surface area contributed by atoms with Gasteiger partial charge in [-0.1, -0.05) is 11.5 Å². The maximum absolute atomic E-state index is 4.92. The maximum Gasteiger partial charge on any atom is 0.0750 e. The monoisotopic (exact) mass is 350 g/mol. The maximum atomic E-state index is 4.92. The molecule has 0 aromatic carbocycles. The normalized spacial score (nSPS) is 4.93. The van der Waals surface area contributed by atoms with Crippen molar-refractivity contribution in [2.75, 3.05) is 13.7 Å². The van der Waals surface area contributed by atoms with E-state index in [1.165, 1.54) is 0 Å². The van der Waals surface area contributed by atoms with Gasteiger partial charge in [-0.15, -0.1) is 0 Å². The minimum absolute atomic E-state index is 0.491. The summed E-state index contributed by atoms with van der Waals surface area (Å²) in [4.78, 5) is 0. The third-order valence-corrected chi connectivity index (χ3v) is 1.91. The molecule has 0 aromatic rings. The Kier molecular flexibility index (Phi) is 16.3. The summed E-state index contributed by atoms with van der Waals surface area (Å²) < 4.78 is 4.92. The molecular weight excluding hydrogens is 340 g/mol. The minimum atomic E-state index is 0.491. The minimum Gasteiger partial charge on any atom is -0.380 e. The second-order valence-corrected chi connectivity index (χ2v) is 4.02. The number of rotatable bonds is 2. The van der Waals surface area contributed by atoms with Crippen molar-refractivity contribution >= 4 is 0 Å². The lowest BCUT2D eigenvalue weighted by Gasteiger charge is -1.89. The van der Waals surface area contributed by atoms with Crippen LogP contribution < -0.4 is 0 Å². The molecule has 0 fully saturated rings. The Bertz CT molecular complexity index is 1450. The SMILES string of the molecule is C=C=C=C=C=C=C=C=C=C=C=C=C=C=C=C=C=C=C=C=C=C=C=C(C)COC. The number of ether oxygens (including phenoxy) is 1. The van der Waals surface area contributed by atoms with Crippen molar-refractivity contribution in [2.24, 2.45) is 0 Å². The second-order valence-electron chi connectivity index (χ2n) is 4.02. The van der Waals surface area contributed by atoms with Gasteiger partial charge < -0.3 is 4.74 Å². The molecule has 28 heavy (non-hydrogen) atoms. The fourth-order valence-corrected chi connectivity index (χ4v) is 0.997. The fraction of sp³-hybridized carbons (Fsp3) is 0.111. The first-order valence-electron chi connectivity index (χ1n) is 7.40. The standard InChI is InChI=1S/C27H10O/c1-4-5-6-7-8-9-10-11-12-13-14-15-16-17-18-19-20-21-22-23-24-25-27(2)26-28-3/h1,26H2,2-3H3. The second kappa shape index (κ2) is 19.9. The molecule has 0 aliphatic carbocycles. The summed E-state index contributed by atoms with van der Waals surface area (Å²) in [6.45, 7) is 5.67. The molecule has 1 nitrogen and oxygen atoms in total. The molecule has 0 aliphatic heterocycles.